The molecule has 1 atom stereocenters. The molecule has 1 aromatic carbocycles. The molecule has 0 saturated carbocycles. The van der Waals surface area contributed by atoms with Gasteiger partial charge in [0.2, 0.25) is 0 Å². The zero-order valence-corrected chi connectivity index (χ0v) is 15.9. The lowest BCUT2D eigenvalue weighted by Crippen LogP contribution is -2.48. The number of fused-ring (bicyclic) bond motifs is 1. The van der Waals surface area contributed by atoms with Gasteiger partial charge in [0.05, 0.1) is 17.4 Å². The van der Waals surface area contributed by atoms with E-state index >= 15 is 0 Å². The molecule has 0 fully saturated rings. The lowest BCUT2D eigenvalue weighted by Gasteiger charge is -2.34. The number of hydrogen-bond acceptors (Lipinski definition) is 3. The van der Waals surface area contributed by atoms with E-state index in [4.69, 9.17) is 4.74 Å². The molecule has 0 saturated heterocycles. The Morgan fingerprint density at radius 3 is 2.50 bits per heavy atom. The monoisotopic (exact) mass is 356 g/mol. The van der Waals surface area contributed by atoms with E-state index in [1.807, 2.05) is 32.9 Å². The van der Waals surface area contributed by atoms with Crippen LogP contribution in [0.15, 0.2) is 42.6 Å². The standard InChI is InChI=1S/C21H25FN2O2/c1-20(2,3)26-19(25)24-16-7-6-12-23-18(16)21(4,5)17(24)13-14-8-10-15(22)11-9-14/h6-12,17H,13H2,1-5H3. The second-order valence-corrected chi connectivity index (χ2v) is 8.29. The van der Waals surface area contributed by atoms with Gasteiger partial charge in [0.1, 0.15) is 11.4 Å². The highest BCUT2D eigenvalue weighted by molar-refractivity contribution is 5.92. The van der Waals surface area contributed by atoms with Crippen LogP contribution in [0.4, 0.5) is 14.9 Å². The maximum atomic E-state index is 13.3. The second-order valence-electron chi connectivity index (χ2n) is 8.29. The topological polar surface area (TPSA) is 42.4 Å². The fourth-order valence-electron chi connectivity index (χ4n) is 3.46. The van der Waals surface area contributed by atoms with Crippen molar-refractivity contribution in [3.8, 4) is 0 Å². The van der Waals surface area contributed by atoms with E-state index in [1.165, 1.54) is 12.1 Å². The van der Waals surface area contributed by atoms with Crippen LogP contribution in [-0.2, 0) is 16.6 Å². The lowest BCUT2D eigenvalue weighted by molar-refractivity contribution is 0.0560. The maximum absolute atomic E-state index is 13.3. The molecule has 0 bridgehead atoms. The minimum atomic E-state index is -0.591. The van der Waals surface area contributed by atoms with Crippen molar-refractivity contribution in [2.24, 2.45) is 0 Å². The summed E-state index contributed by atoms with van der Waals surface area (Å²) in [6.45, 7) is 9.72. The Morgan fingerprint density at radius 2 is 1.88 bits per heavy atom. The van der Waals surface area contributed by atoms with Crippen LogP contribution in [0.2, 0.25) is 0 Å². The van der Waals surface area contributed by atoms with Crippen molar-refractivity contribution in [3.63, 3.8) is 0 Å². The molecule has 1 amide bonds. The quantitative estimate of drug-likeness (QED) is 0.771. The number of pyridine rings is 1. The Morgan fingerprint density at radius 1 is 1.23 bits per heavy atom. The predicted molar refractivity (Wildman–Crippen MR) is 99.9 cm³/mol. The number of anilines is 1. The van der Waals surface area contributed by atoms with Crippen molar-refractivity contribution in [3.05, 3.63) is 59.7 Å². The van der Waals surface area contributed by atoms with Crippen LogP contribution >= 0.6 is 0 Å². The first-order valence-corrected chi connectivity index (χ1v) is 8.82. The summed E-state index contributed by atoms with van der Waals surface area (Å²) in [5, 5.41) is 0. The number of nitrogens with zero attached hydrogens (tertiary/aromatic N) is 2. The molecule has 2 heterocycles. The van der Waals surface area contributed by atoms with Crippen LogP contribution in [-0.4, -0.2) is 22.7 Å². The molecule has 0 radical (unpaired) electrons. The van der Waals surface area contributed by atoms with Gasteiger partial charge in [0.25, 0.3) is 0 Å². The Balaban J connectivity index is 2.01. The van der Waals surface area contributed by atoms with E-state index in [9.17, 15) is 9.18 Å². The van der Waals surface area contributed by atoms with Crippen LogP contribution < -0.4 is 4.90 Å². The molecular weight excluding hydrogens is 331 g/mol. The van der Waals surface area contributed by atoms with Gasteiger partial charge in [-0.1, -0.05) is 26.0 Å². The normalized spacial score (nSPS) is 18.5. The van der Waals surface area contributed by atoms with Crippen molar-refractivity contribution in [1.29, 1.82) is 0 Å². The van der Waals surface area contributed by atoms with Crippen molar-refractivity contribution < 1.29 is 13.9 Å². The molecule has 1 aliphatic rings. The summed E-state index contributed by atoms with van der Waals surface area (Å²) in [6, 6.07) is 9.96. The minimum Gasteiger partial charge on any atom is -0.443 e. The predicted octanol–water partition coefficient (Wildman–Crippen LogP) is 4.86. The zero-order valence-electron chi connectivity index (χ0n) is 15.9. The molecule has 26 heavy (non-hydrogen) atoms. The number of carbonyl (C=O) groups excluding carboxylic acids is 1. The van der Waals surface area contributed by atoms with Gasteiger partial charge in [-0.3, -0.25) is 9.88 Å². The fraction of sp³-hybridized carbons (Fsp3) is 0.429. The van der Waals surface area contributed by atoms with Crippen LogP contribution in [0.3, 0.4) is 0 Å². The molecule has 0 aliphatic carbocycles. The number of halogens is 1. The van der Waals surface area contributed by atoms with E-state index in [2.05, 4.69) is 18.8 Å². The summed E-state index contributed by atoms with van der Waals surface area (Å²) in [5.74, 6) is -0.270. The number of ether oxygens (including phenoxy) is 1. The molecule has 3 rings (SSSR count). The van der Waals surface area contributed by atoms with Gasteiger partial charge >= 0.3 is 6.09 Å². The second kappa shape index (κ2) is 6.38. The molecular formula is C21H25FN2O2. The van der Waals surface area contributed by atoms with Crippen molar-refractivity contribution in [2.75, 3.05) is 4.90 Å². The first-order chi connectivity index (χ1) is 12.1. The summed E-state index contributed by atoms with van der Waals surface area (Å²) < 4.78 is 18.9. The van der Waals surface area contributed by atoms with E-state index in [-0.39, 0.29) is 23.4 Å². The Hall–Kier alpha value is -2.43. The van der Waals surface area contributed by atoms with Crippen LogP contribution in [0, 0.1) is 5.82 Å². The van der Waals surface area contributed by atoms with E-state index in [0.29, 0.717) is 6.42 Å². The van der Waals surface area contributed by atoms with Gasteiger partial charge in [0.15, 0.2) is 0 Å². The third kappa shape index (κ3) is 3.43. The minimum absolute atomic E-state index is 0.173. The lowest BCUT2D eigenvalue weighted by atomic mass is 9.80. The average Bonchev–Trinajstić information content (AvgIpc) is 2.76. The molecule has 1 aromatic heterocycles. The molecule has 0 N–H and O–H groups in total. The molecule has 0 spiro atoms. The first kappa shape index (κ1) is 18.4. The SMILES string of the molecule is CC(C)(C)OC(=O)N1c2cccnc2C(C)(C)C1Cc1ccc(F)cc1. The fourth-order valence-corrected chi connectivity index (χ4v) is 3.46. The highest BCUT2D eigenvalue weighted by atomic mass is 19.1. The highest BCUT2D eigenvalue weighted by Crippen LogP contribution is 2.45. The molecule has 4 nitrogen and oxygen atoms in total. The Bertz CT molecular complexity index is 810. The summed E-state index contributed by atoms with van der Waals surface area (Å²) >= 11 is 0. The average molecular weight is 356 g/mol. The summed E-state index contributed by atoms with van der Waals surface area (Å²) in [5.41, 5.74) is 1.66. The maximum Gasteiger partial charge on any atom is 0.415 e. The van der Waals surface area contributed by atoms with Crippen LogP contribution in [0.1, 0.15) is 45.9 Å². The van der Waals surface area contributed by atoms with E-state index in [1.54, 1.807) is 23.2 Å². The third-order valence-corrected chi connectivity index (χ3v) is 4.73. The number of amides is 1. The molecule has 5 heteroatoms. The summed E-state index contributed by atoms with van der Waals surface area (Å²) in [7, 11) is 0. The van der Waals surface area contributed by atoms with Crippen molar-refractivity contribution in [1.82, 2.24) is 4.98 Å². The number of rotatable bonds is 2. The smallest absolute Gasteiger partial charge is 0.415 e. The van der Waals surface area contributed by atoms with Crippen molar-refractivity contribution in [2.45, 2.75) is 58.1 Å². The largest absolute Gasteiger partial charge is 0.443 e. The Kier molecular flexibility index (Phi) is 4.51. The summed E-state index contributed by atoms with van der Waals surface area (Å²) in [4.78, 5) is 19.2. The van der Waals surface area contributed by atoms with E-state index in [0.717, 1.165) is 16.9 Å². The van der Waals surface area contributed by atoms with Gasteiger partial charge in [-0.15, -0.1) is 0 Å². The van der Waals surface area contributed by atoms with Crippen molar-refractivity contribution >= 4 is 11.8 Å². The van der Waals surface area contributed by atoms with Crippen LogP contribution in [0.5, 0.6) is 0 Å². The first-order valence-electron chi connectivity index (χ1n) is 8.82. The number of aromatic nitrogens is 1. The zero-order chi connectivity index (χ0) is 19.1. The van der Waals surface area contributed by atoms with Gasteiger partial charge in [0, 0.05) is 11.6 Å². The molecule has 138 valence electrons. The third-order valence-electron chi connectivity index (χ3n) is 4.73. The van der Waals surface area contributed by atoms with Crippen LogP contribution in [0.25, 0.3) is 0 Å². The van der Waals surface area contributed by atoms with Gasteiger partial charge in [-0.2, -0.15) is 0 Å². The molecule has 1 aliphatic heterocycles. The number of hydrogen-bond donors (Lipinski definition) is 0. The summed E-state index contributed by atoms with van der Waals surface area (Å²) in [6.07, 6.45) is 1.95. The molecule has 1 unspecified atom stereocenters. The number of benzene rings is 1. The van der Waals surface area contributed by atoms with Gasteiger partial charge < -0.3 is 4.74 Å². The number of carbonyl (C=O) groups is 1. The highest BCUT2D eigenvalue weighted by Gasteiger charge is 2.49. The Labute approximate surface area is 154 Å². The van der Waals surface area contributed by atoms with Gasteiger partial charge in [-0.25, -0.2) is 9.18 Å². The molecule has 2 aromatic rings. The van der Waals surface area contributed by atoms with Gasteiger partial charge in [-0.05, 0) is 57.0 Å². The van der Waals surface area contributed by atoms with E-state index < -0.39 is 5.60 Å².